The monoisotopic (exact) mass is 1720 g/mol. The lowest BCUT2D eigenvalue weighted by Gasteiger charge is -2.14. The number of rotatable bonds is 11. The number of benzene rings is 20. The molecule has 0 N–H and O–H groups in total. The van der Waals surface area contributed by atoms with E-state index in [1.54, 1.807) is 0 Å². The topological polar surface area (TPSA) is 131 Å². The van der Waals surface area contributed by atoms with Gasteiger partial charge in [-0.1, -0.05) is 376 Å². The fraction of sp³-hybridized carbons (Fsp3) is 0. The maximum atomic E-state index is 5.10. The Hall–Kier alpha value is -18.4. The first-order valence-electron chi connectivity index (χ1n) is 45.6. The van der Waals surface area contributed by atoms with Crippen molar-refractivity contribution in [1.82, 2.24) is 58.6 Å². The van der Waals surface area contributed by atoms with Gasteiger partial charge in [0.1, 0.15) is 0 Å². The molecule has 0 bridgehead atoms. The Balaban J connectivity index is 0.000000103. The molecule has 20 aromatic carbocycles. The van der Waals surface area contributed by atoms with Crippen LogP contribution in [0.5, 0.6) is 0 Å². The highest BCUT2D eigenvalue weighted by Gasteiger charge is 2.31. The molecule has 0 spiro atoms. The maximum absolute atomic E-state index is 5.10. The molecule has 0 aliphatic heterocycles. The number of hydrogen-bond acceptors (Lipinski definition) is 9. The normalized spacial score (nSPS) is 11.9. The van der Waals surface area contributed by atoms with Crippen LogP contribution in [-0.4, -0.2) is 58.6 Å². The molecule has 26 aromatic rings. The summed E-state index contributed by atoms with van der Waals surface area (Å²) in [6.45, 7) is 0. The fourth-order valence-corrected chi connectivity index (χ4v) is 21.1. The Morgan fingerprint density at radius 2 is 0.319 bits per heavy atom. The van der Waals surface area contributed by atoms with E-state index in [4.69, 9.17) is 44.9 Å². The Labute approximate surface area is 775 Å². The van der Waals surface area contributed by atoms with E-state index in [1.165, 1.54) is 153 Å². The van der Waals surface area contributed by atoms with Crippen molar-refractivity contribution in [3.8, 4) is 175 Å². The first-order chi connectivity index (χ1) is 67.0. The summed E-state index contributed by atoms with van der Waals surface area (Å²) in [4.78, 5) is 44.8. The molecular weight excluding hydrogens is 1650 g/mol. The summed E-state index contributed by atoms with van der Waals surface area (Å²) in [5.74, 6) is 5.83. The Kier molecular flexibility index (Phi) is 17.7. The number of hydrogen-bond donors (Lipinski definition) is 0. The van der Waals surface area contributed by atoms with Gasteiger partial charge >= 0.3 is 0 Å². The van der Waals surface area contributed by atoms with E-state index in [-0.39, 0.29) is 0 Å². The van der Waals surface area contributed by atoms with Crippen molar-refractivity contribution in [2.24, 2.45) is 0 Å². The molecule has 3 aliphatic carbocycles. The van der Waals surface area contributed by atoms with Crippen molar-refractivity contribution in [2.75, 3.05) is 0 Å². The highest BCUT2D eigenvalue weighted by Crippen LogP contribution is 2.54. The maximum Gasteiger partial charge on any atom is 0.238 e. The van der Waals surface area contributed by atoms with Gasteiger partial charge in [0.25, 0.3) is 0 Å². The predicted octanol–water partition coefficient (Wildman–Crippen LogP) is 30.6. The van der Waals surface area contributed by atoms with Gasteiger partial charge in [-0.3, -0.25) is 4.57 Å². The Morgan fingerprint density at radius 1 is 0.126 bits per heavy atom. The van der Waals surface area contributed by atoms with Crippen molar-refractivity contribution in [3.63, 3.8) is 0 Å². The summed E-state index contributed by atoms with van der Waals surface area (Å²) in [7, 11) is 0. The van der Waals surface area contributed by atoms with Crippen LogP contribution >= 0.6 is 0 Å². The van der Waals surface area contributed by atoms with Crippen molar-refractivity contribution in [1.29, 1.82) is 0 Å². The smallest absolute Gasteiger partial charge is 0.238 e. The molecule has 0 saturated carbocycles. The molecule has 0 amide bonds. The average Bonchev–Trinajstić information content (AvgIpc) is 1.56. The molecule has 135 heavy (non-hydrogen) atoms. The third-order valence-electron chi connectivity index (χ3n) is 26.9. The molecule has 0 atom stereocenters. The van der Waals surface area contributed by atoms with Gasteiger partial charge in [0.2, 0.25) is 5.95 Å². The quantitative estimate of drug-likeness (QED) is 0.124. The van der Waals surface area contributed by atoms with Gasteiger partial charge in [-0.2, -0.15) is 9.97 Å². The molecule has 0 radical (unpaired) electrons. The Morgan fingerprint density at radius 3 is 0.578 bits per heavy atom. The minimum absolute atomic E-state index is 0.610. The molecule has 12 heteroatoms. The summed E-state index contributed by atoms with van der Waals surface area (Å²) in [5.41, 5.74) is 31.9. The van der Waals surface area contributed by atoms with Crippen LogP contribution < -0.4 is 0 Å². The lowest BCUT2D eigenvalue weighted by atomic mass is 9.93. The fourth-order valence-electron chi connectivity index (χ4n) is 21.1. The third-order valence-corrected chi connectivity index (χ3v) is 26.9. The first kappa shape index (κ1) is 76.6. The van der Waals surface area contributed by atoms with Gasteiger partial charge in [-0.05, 0) is 172 Å². The lowest BCUT2D eigenvalue weighted by molar-refractivity contribution is 0.953. The zero-order valence-corrected chi connectivity index (χ0v) is 72.6. The van der Waals surface area contributed by atoms with E-state index in [2.05, 4.69) is 281 Å². The van der Waals surface area contributed by atoms with Crippen molar-refractivity contribution >= 4 is 97.7 Å². The second kappa shape index (κ2) is 31.2. The van der Waals surface area contributed by atoms with Gasteiger partial charge in [0.15, 0.2) is 46.6 Å². The summed E-state index contributed by atoms with van der Waals surface area (Å²) in [6.07, 6.45) is 0. The molecule has 29 rings (SSSR count). The van der Waals surface area contributed by atoms with Crippen LogP contribution in [0.25, 0.3) is 273 Å². The van der Waals surface area contributed by atoms with Crippen molar-refractivity contribution in [2.45, 2.75) is 0 Å². The summed E-state index contributed by atoms with van der Waals surface area (Å²) in [5, 5.41) is 15.3. The van der Waals surface area contributed by atoms with E-state index in [1.807, 2.05) is 182 Å². The van der Waals surface area contributed by atoms with Gasteiger partial charge < -0.3 is 9.13 Å². The predicted molar refractivity (Wildman–Crippen MR) is 552 cm³/mol. The highest BCUT2D eigenvalue weighted by molar-refractivity contribution is 6.30. The van der Waals surface area contributed by atoms with Crippen LogP contribution in [0.4, 0.5) is 0 Å². The van der Waals surface area contributed by atoms with Crippen LogP contribution in [0, 0.1) is 0 Å². The van der Waals surface area contributed by atoms with Crippen LogP contribution in [0.2, 0.25) is 0 Å². The Bertz CT molecular complexity index is 8880. The van der Waals surface area contributed by atoms with E-state index < -0.39 is 0 Å². The third kappa shape index (κ3) is 12.5. The van der Waals surface area contributed by atoms with E-state index >= 15 is 0 Å². The standard InChI is InChI=1S/2C43H26N4.C37H22N4/c1-3-12-28(13-4-1)41-44-42(29-14-5-2-6-15-29)46-43(45-41)30-18-7-19-31(26-30)47-36-24-10-22-34-32-20-8-16-27-17-9-21-33(38(27)32)35-23-11-25-37(47)40(35)39(34)36;1-3-11-28(12-4-1)41-44-42(29-13-5-2-6-14-29)46-43(45-41)30-23-25-31(26-24-30)47-36-21-9-19-34-32-17-7-15-27-16-8-18-33(38(27)32)35-20-10-22-37(47)40(35)39(34)36;1-3-11-24(12-4-1)35-38-36(25-13-5-2-6-14-25)40-37(39-35)41-30-21-9-19-28-26-17-7-15-23-16-8-18-27(32(23)26)29-20-10-22-31(41)34(29)33(28)30/h2*1-26H;1-22H. The average molecular weight is 1720 g/mol. The zero-order valence-electron chi connectivity index (χ0n) is 72.6. The van der Waals surface area contributed by atoms with Crippen LogP contribution in [0.15, 0.2) is 449 Å². The second-order valence-electron chi connectivity index (χ2n) is 34.5. The molecule has 0 saturated heterocycles. The summed E-state index contributed by atoms with van der Waals surface area (Å²) >= 11 is 0. The van der Waals surface area contributed by atoms with Crippen molar-refractivity contribution in [3.05, 3.63) is 449 Å². The molecule has 3 aliphatic rings. The summed E-state index contributed by atoms with van der Waals surface area (Å²) in [6, 6.07) is 158. The lowest BCUT2D eigenvalue weighted by Crippen LogP contribution is -2.06. The largest absolute Gasteiger partial charge is 0.309 e. The molecular formula is C123H74N12. The number of nitrogens with zero attached hydrogens (tertiary/aromatic N) is 12. The van der Waals surface area contributed by atoms with E-state index in [0.29, 0.717) is 52.5 Å². The summed E-state index contributed by atoms with van der Waals surface area (Å²) < 4.78 is 7.01. The molecule has 0 fully saturated rings. The van der Waals surface area contributed by atoms with Gasteiger partial charge in [0.05, 0.1) is 33.1 Å². The molecule has 626 valence electrons. The van der Waals surface area contributed by atoms with Gasteiger partial charge in [-0.25, -0.2) is 34.9 Å². The van der Waals surface area contributed by atoms with E-state index in [0.717, 1.165) is 66.9 Å². The number of aromatic nitrogens is 12. The minimum atomic E-state index is 0.610. The first-order valence-corrected chi connectivity index (χ1v) is 45.6. The van der Waals surface area contributed by atoms with Gasteiger partial charge in [0, 0.05) is 88.2 Å². The van der Waals surface area contributed by atoms with Gasteiger partial charge in [-0.15, -0.1) is 0 Å². The minimum Gasteiger partial charge on any atom is -0.309 e. The molecule has 12 nitrogen and oxygen atoms in total. The SMILES string of the molecule is c1ccc(-c2nc(-c3ccccc3)nc(-c3ccc(-n4c5cccc6c5c5c(cccc54)-c4cccc5cccc-6c45)cc3)n2)cc1.c1ccc(-c2nc(-c3ccccc3)nc(-c3cccc(-n4c5cccc6c5c5c(cccc54)-c4cccc5cccc-6c45)c3)n2)cc1.c1ccc(-c2nc(-c3ccccc3)nc(-n3c4cccc5c4c4c(cccc43)-c3cccc4cccc-5c34)n2)cc1. The zero-order chi connectivity index (χ0) is 88.7. The van der Waals surface area contributed by atoms with E-state index in [9.17, 15) is 0 Å². The van der Waals surface area contributed by atoms with Crippen LogP contribution in [0.3, 0.4) is 0 Å². The van der Waals surface area contributed by atoms with Crippen molar-refractivity contribution < 1.29 is 0 Å². The molecule has 6 aromatic heterocycles. The van der Waals surface area contributed by atoms with Crippen LogP contribution in [-0.2, 0) is 0 Å². The second-order valence-corrected chi connectivity index (χ2v) is 34.5. The highest BCUT2D eigenvalue weighted by atomic mass is 15.2. The number of fused-ring (bicyclic) bond motifs is 6. The molecule has 6 heterocycles. The van der Waals surface area contributed by atoms with Crippen LogP contribution in [0.1, 0.15) is 0 Å². The molecule has 0 unspecified atom stereocenters.